The number of amides is 1. The minimum absolute atomic E-state index is 0.117. The molecule has 138 valence electrons. The third-order valence-electron chi connectivity index (χ3n) is 4.44. The lowest BCUT2D eigenvalue weighted by molar-refractivity contribution is -0.0209. The monoisotopic (exact) mass is 359 g/mol. The fourth-order valence-electron chi connectivity index (χ4n) is 3.14. The first kappa shape index (κ1) is 18.2. The highest BCUT2D eigenvalue weighted by atomic mass is 19.1. The number of benzene rings is 2. The Morgan fingerprint density at radius 2 is 1.96 bits per heavy atom. The largest absolute Gasteiger partial charge is 0.493 e. The molecule has 0 radical (unpaired) electrons. The summed E-state index contributed by atoms with van der Waals surface area (Å²) in [5.41, 5.74) is 1.44. The van der Waals surface area contributed by atoms with Crippen molar-refractivity contribution in [3.8, 4) is 11.5 Å². The third-order valence-corrected chi connectivity index (χ3v) is 4.44. The Balaban J connectivity index is 1.73. The van der Waals surface area contributed by atoms with Crippen molar-refractivity contribution in [2.45, 2.75) is 12.5 Å². The molecule has 0 unspecified atom stereocenters. The van der Waals surface area contributed by atoms with Crippen LogP contribution in [0.5, 0.6) is 11.5 Å². The maximum absolute atomic E-state index is 13.0. The number of halogens is 1. The molecule has 2 aromatic rings. The highest BCUT2D eigenvalue weighted by molar-refractivity contribution is 5.98. The van der Waals surface area contributed by atoms with Crippen LogP contribution in [-0.4, -0.2) is 50.8 Å². The number of carbonyl (C=O) groups is 1. The quantitative estimate of drug-likeness (QED) is 0.824. The standard InChI is InChI=1S/C20H22FNO4/c1-24-18-5-3-4-17(19(18)25-2)20(23)22-10-11-26-16(13-22)12-14-6-8-15(21)9-7-14/h3-9,16H,10-13H2,1-2H3/t16-/m1/s1. The van der Waals surface area contributed by atoms with E-state index in [0.29, 0.717) is 43.2 Å². The van der Waals surface area contributed by atoms with E-state index in [0.717, 1.165) is 5.56 Å². The van der Waals surface area contributed by atoms with Gasteiger partial charge in [-0.3, -0.25) is 4.79 Å². The van der Waals surface area contributed by atoms with Crippen LogP contribution in [0.3, 0.4) is 0 Å². The summed E-state index contributed by atoms with van der Waals surface area (Å²) in [7, 11) is 3.06. The van der Waals surface area contributed by atoms with Crippen LogP contribution in [0.4, 0.5) is 4.39 Å². The van der Waals surface area contributed by atoms with Crippen LogP contribution in [0.2, 0.25) is 0 Å². The molecule has 0 aromatic heterocycles. The third kappa shape index (κ3) is 3.96. The SMILES string of the molecule is COc1cccc(C(=O)N2CCO[C@H](Cc3ccc(F)cc3)C2)c1OC. The minimum atomic E-state index is -0.264. The van der Waals surface area contributed by atoms with Crippen molar-refractivity contribution in [1.82, 2.24) is 4.90 Å². The average molecular weight is 359 g/mol. The summed E-state index contributed by atoms with van der Waals surface area (Å²) < 4.78 is 29.5. The number of morpholine rings is 1. The second-order valence-corrected chi connectivity index (χ2v) is 6.12. The number of hydrogen-bond donors (Lipinski definition) is 0. The molecule has 1 aliphatic heterocycles. The average Bonchev–Trinajstić information content (AvgIpc) is 2.68. The highest BCUT2D eigenvalue weighted by Gasteiger charge is 2.27. The van der Waals surface area contributed by atoms with Gasteiger partial charge < -0.3 is 19.1 Å². The van der Waals surface area contributed by atoms with Gasteiger partial charge in [-0.1, -0.05) is 18.2 Å². The molecular formula is C20H22FNO4. The first-order chi connectivity index (χ1) is 12.6. The summed E-state index contributed by atoms with van der Waals surface area (Å²) in [5, 5.41) is 0. The van der Waals surface area contributed by atoms with E-state index in [4.69, 9.17) is 14.2 Å². The normalized spacial score (nSPS) is 17.0. The zero-order valence-corrected chi connectivity index (χ0v) is 14.9. The second kappa shape index (κ2) is 8.19. The predicted molar refractivity (Wildman–Crippen MR) is 95.3 cm³/mol. The summed E-state index contributed by atoms with van der Waals surface area (Å²) in [5.74, 6) is 0.574. The van der Waals surface area contributed by atoms with E-state index in [1.54, 1.807) is 42.3 Å². The fourth-order valence-corrected chi connectivity index (χ4v) is 3.14. The molecule has 0 aliphatic carbocycles. The van der Waals surface area contributed by atoms with E-state index in [9.17, 15) is 9.18 Å². The van der Waals surface area contributed by atoms with Gasteiger partial charge in [0.1, 0.15) is 5.82 Å². The Kier molecular flexibility index (Phi) is 5.73. The van der Waals surface area contributed by atoms with Crippen LogP contribution in [0.15, 0.2) is 42.5 Å². The molecule has 1 atom stereocenters. The topological polar surface area (TPSA) is 48.0 Å². The lowest BCUT2D eigenvalue weighted by atomic mass is 10.1. The fraction of sp³-hybridized carbons (Fsp3) is 0.350. The minimum Gasteiger partial charge on any atom is -0.493 e. The van der Waals surface area contributed by atoms with E-state index in [1.165, 1.54) is 19.2 Å². The van der Waals surface area contributed by atoms with Crippen LogP contribution in [0.25, 0.3) is 0 Å². The van der Waals surface area contributed by atoms with Gasteiger partial charge >= 0.3 is 0 Å². The number of methoxy groups -OCH3 is 2. The van der Waals surface area contributed by atoms with Crippen LogP contribution in [0.1, 0.15) is 15.9 Å². The molecule has 1 saturated heterocycles. The summed E-state index contributed by atoms with van der Waals surface area (Å²) >= 11 is 0. The Labute approximate surface area is 152 Å². The summed E-state index contributed by atoms with van der Waals surface area (Å²) in [6.07, 6.45) is 0.494. The Morgan fingerprint density at radius 3 is 2.65 bits per heavy atom. The van der Waals surface area contributed by atoms with Crippen molar-refractivity contribution in [2.24, 2.45) is 0 Å². The van der Waals surface area contributed by atoms with E-state index in [2.05, 4.69) is 0 Å². The Bertz CT molecular complexity index is 763. The van der Waals surface area contributed by atoms with Gasteiger partial charge in [-0.05, 0) is 29.8 Å². The molecule has 0 N–H and O–H groups in total. The van der Waals surface area contributed by atoms with Gasteiger partial charge in [-0.2, -0.15) is 0 Å². The number of para-hydroxylation sites is 1. The van der Waals surface area contributed by atoms with E-state index >= 15 is 0 Å². The van der Waals surface area contributed by atoms with Crippen LogP contribution < -0.4 is 9.47 Å². The Hall–Kier alpha value is -2.60. The van der Waals surface area contributed by atoms with Crippen molar-refractivity contribution in [3.63, 3.8) is 0 Å². The predicted octanol–water partition coefficient (Wildman–Crippen LogP) is 2.93. The van der Waals surface area contributed by atoms with Crippen molar-refractivity contribution in [2.75, 3.05) is 33.9 Å². The second-order valence-electron chi connectivity index (χ2n) is 6.12. The molecule has 1 fully saturated rings. The van der Waals surface area contributed by atoms with Gasteiger partial charge in [0, 0.05) is 19.5 Å². The molecule has 0 bridgehead atoms. The molecule has 2 aromatic carbocycles. The van der Waals surface area contributed by atoms with Crippen LogP contribution >= 0.6 is 0 Å². The lowest BCUT2D eigenvalue weighted by Crippen LogP contribution is -2.46. The molecule has 0 spiro atoms. The first-order valence-electron chi connectivity index (χ1n) is 8.48. The van der Waals surface area contributed by atoms with Gasteiger partial charge in [0.15, 0.2) is 11.5 Å². The summed E-state index contributed by atoms with van der Waals surface area (Å²) in [4.78, 5) is 14.7. The molecule has 26 heavy (non-hydrogen) atoms. The van der Waals surface area contributed by atoms with Crippen molar-refractivity contribution in [1.29, 1.82) is 0 Å². The van der Waals surface area contributed by atoms with E-state index < -0.39 is 0 Å². The molecule has 1 aliphatic rings. The van der Waals surface area contributed by atoms with Gasteiger partial charge in [0.2, 0.25) is 0 Å². The molecule has 1 amide bonds. The molecule has 0 saturated carbocycles. The smallest absolute Gasteiger partial charge is 0.257 e. The van der Waals surface area contributed by atoms with Crippen molar-refractivity contribution < 1.29 is 23.4 Å². The van der Waals surface area contributed by atoms with E-state index in [1.807, 2.05) is 0 Å². The zero-order chi connectivity index (χ0) is 18.5. The molecule has 3 rings (SSSR count). The molecule has 1 heterocycles. The summed E-state index contributed by atoms with van der Waals surface area (Å²) in [6, 6.07) is 11.6. The zero-order valence-electron chi connectivity index (χ0n) is 14.9. The maximum atomic E-state index is 13.0. The number of ether oxygens (including phenoxy) is 3. The molecule has 6 heteroatoms. The highest BCUT2D eigenvalue weighted by Crippen LogP contribution is 2.31. The van der Waals surface area contributed by atoms with Gasteiger partial charge in [0.05, 0.1) is 32.5 Å². The van der Waals surface area contributed by atoms with E-state index in [-0.39, 0.29) is 17.8 Å². The van der Waals surface area contributed by atoms with Crippen LogP contribution in [0, 0.1) is 5.82 Å². The number of nitrogens with zero attached hydrogens (tertiary/aromatic N) is 1. The number of rotatable bonds is 5. The molecule has 5 nitrogen and oxygen atoms in total. The van der Waals surface area contributed by atoms with Gasteiger partial charge in [0.25, 0.3) is 5.91 Å². The number of hydrogen-bond acceptors (Lipinski definition) is 4. The van der Waals surface area contributed by atoms with Crippen molar-refractivity contribution in [3.05, 3.63) is 59.4 Å². The summed E-state index contributed by atoms with van der Waals surface area (Å²) in [6.45, 7) is 1.44. The molecular weight excluding hydrogens is 337 g/mol. The van der Waals surface area contributed by atoms with Gasteiger partial charge in [-0.25, -0.2) is 4.39 Å². The van der Waals surface area contributed by atoms with Gasteiger partial charge in [-0.15, -0.1) is 0 Å². The lowest BCUT2D eigenvalue weighted by Gasteiger charge is -2.33. The van der Waals surface area contributed by atoms with Crippen molar-refractivity contribution >= 4 is 5.91 Å². The number of carbonyl (C=O) groups excluding carboxylic acids is 1. The Morgan fingerprint density at radius 1 is 1.19 bits per heavy atom. The first-order valence-corrected chi connectivity index (χ1v) is 8.48. The van der Waals surface area contributed by atoms with Crippen LogP contribution in [-0.2, 0) is 11.2 Å². The maximum Gasteiger partial charge on any atom is 0.257 e.